The van der Waals surface area contributed by atoms with E-state index in [0.29, 0.717) is 26.7 Å². The van der Waals surface area contributed by atoms with Gasteiger partial charge in [0.1, 0.15) is 5.69 Å². The molecular weight excluding hydrogens is 397 g/mol. The first-order valence-electron chi connectivity index (χ1n) is 9.12. The summed E-state index contributed by atoms with van der Waals surface area (Å²) < 4.78 is 0. The third-order valence-electron chi connectivity index (χ3n) is 5.13. The van der Waals surface area contributed by atoms with Gasteiger partial charge < -0.3 is 15.2 Å². The van der Waals surface area contributed by atoms with Crippen LogP contribution in [-0.4, -0.2) is 34.8 Å². The molecule has 0 saturated carbocycles. The number of aromatic amines is 1. The molecule has 5 nitrogen and oxygen atoms in total. The zero-order valence-electron chi connectivity index (χ0n) is 15.3. The van der Waals surface area contributed by atoms with Crippen molar-refractivity contribution in [3.8, 4) is 0 Å². The molecule has 1 fully saturated rings. The van der Waals surface area contributed by atoms with Gasteiger partial charge in [-0.2, -0.15) is 0 Å². The Morgan fingerprint density at radius 2 is 1.86 bits per heavy atom. The molecule has 0 spiro atoms. The predicted octanol–water partition coefficient (Wildman–Crippen LogP) is 5.27. The summed E-state index contributed by atoms with van der Waals surface area (Å²) in [6.07, 6.45) is 2.06. The molecule has 1 aromatic heterocycles. The third-order valence-corrected chi connectivity index (χ3v) is 5.76. The van der Waals surface area contributed by atoms with Crippen LogP contribution >= 0.6 is 23.2 Å². The zero-order chi connectivity index (χ0) is 19.8. The number of carbonyl (C=O) groups is 2. The van der Waals surface area contributed by atoms with E-state index in [4.69, 9.17) is 23.2 Å². The first-order valence-corrected chi connectivity index (χ1v) is 9.88. The van der Waals surface area contributed by atoms with Gasteiger partial charge in [0, 0.05) is 40.3 Å². The van der Waals surface area contributed by atoms with Gasteiger partial charge in [0.15, 0.2) is 0 Å². The van der Waals surface area contributed by atoms with E-state index >= 15 is 0 Å². The van der Waals surface area contributed by atoms with Crippen LogP contribution in [0.5, 0.6) is 0 Å². The van der Waals surface area contributed by atoms with E-state index in [0.717, 1.165) is 37.0 Å². The van der Waals surface area contributed by atoms with Crippen molar-refractivity contribution in [1.82, 2.24) is 9.88 Å². The van der Waals surface area contributed by atoms with Crippen LogP contribution in [0.25, 0.3) is 10.9 Å². The van der Waals surface area contributed by atoms with Gasteiger partial charge in [-0.15, -0.1) is 0 Å². The number of fused-ring (bicyclic) bond motifs is 1. The lowest BCUT2D eigenvalue weighted by Gasteiger charge is -2.18. The lowest BCUT2D eigenvalue weighted by atomic mass is 10.1. The number of likely N-dealkylation sites (tertiary alicyclic amines) is 1. The molecule has 2 N–H and O–H groups in total. The molecule has 7 heteroatoms. The van der Waals surface area contributed by atoms with E-state index in [1.54, 1.807) is 36.4 Å². The minimum Gasteiger partial charge on any atom is -0.349 e. The molecule has 4 rings (SSSR count). The Morgan fingerprint density at radius 1 is 1.11 bits per heavy atom. The third kappa shape index (κ3) is 3.36. The van der Waals surface area contributed by atoms with Crippen LogP contribution in [0.1, 0.15) is 39.3 Å². The average Bonchev–Trinajstić information content (AvgIpc) is 3.32. The molecule has 1 aliphatic rings. The SMILES string of the molecule is Cc1c(NC(=O)c2[nH]c3ccc(Cl)cc3c2Cl)cccc1C(=O)N1CCCC1. The number of anilines is 1. The molecule has 2 amide bonds. The second kappa shape index (κ2) is 7.49. The quantitative estimate of drug-likeness (QED) is 0.611. The van der Waals surface area contributed by atoms with Crippen molar-refractivity contribution in [3.05, 3.63) is 63.3 Å². The van der Waals surface area contributed by atoms with Crippen molar-refractivity contribution in [2.75, 3.05) is 18.4 Å². The molecule has 2 aromatic carbocycles. The molecule has 1 aliphatic heterocycles. The Balaban J connectivity index is 1.62. The Labute approximate surface area is 172 Å². The summed E-state index contributed by atoms with van der Waals surface area (Å²) >= 11 is 12.4. The molecular formula is C21H19Cl2N3O2. The molecule has 0 bridgehead atoms. The first-order chi connectivity index (χ1) is 13.5. The van der Waals surface area contributed by atoms with E-state index in [9.17, 15) is 9.59 Å². The van der Waals surface area contributed by atoms with Crippen LogP contribution in [0.15, 0.2) is 36.4 Å². The van der Waals surface area contributed by atoms with Gasteiger partial charge in [-0.05, 0) is 55.7 Å². The highest BCUT2D eigenvalue weighted by atomic mass is 35.5. The maximum atomic E-state index is 12.8. The number of nitrogens with zero attached hydrogens (tertiary/aromatic N) is 1. The number of carbonyl (C=O) groups excluding carboxylic acids is 2. The Kier molecular flexibility index (Phi) is 5.04. The molecule has 28 heavy (non-hydrogen) atoms. The standard InChI is InChI=1S/C21H19Cl2N3O2/c1-12-14(21(28)26-9-2-3-10-26)5-4-6-16(12)25-20(27)19-18(23)15-11-13(22)7-8-17(15)24-19/h4-8,11,24H,2-3,9-10H2,1H3,(H,25,27). The smallest absolute Gasteiger partial charge is 0.273 e. The number of hydrogen-bond acceptors (Lipinski definition) is 2. The largest absolute Gasteiger partial charge is 0.349 e. The fourth-order valence-corrected chi connectivity index (χ4v) is 4.03. The zero-order valence-corrected chi connectivity index (χ0v) is 16.8. The molecule has 0 atom stereocenters. The Morgan fingerprint density at radius 3 is 2.61 bits per heavy atom. The normalized spacial score (nSPS) is 13.9. The number of amides is 2. The fraction of sp³-hybridized carbons (Fsp3) is 0.238. The van der Waals surface area contributed by atoms with Gasteiger partial charge >= 0.3 is 0 Å². The lowest BCUT2D eigenvalue weighted by molar-refractivity contribution is 0.0791. The number of H-pyrrole nitrogens is 1. The summed E-state index contributed by atoms with van der Waals surface area (Å²) in [7, 11) is 0. The Bertz CT molecular complexity index is 1080. The fourth-order valence-electron chi connectivity index (χ4n) is 3.57. The van der Waals surface area contributed by atoms with Gasteiger partial charge in [-0.1, -0.05) is 29.3 Å². The van der Waals surface area contributed by atoms with Gasteiger partial charge in [0.25, 0.3) is 11.8 Å². The number of hydrogen-bond donors (Lipinski definition) is 2. The molecule has 0 unspecified atom stereocenters. The molecule has 0 aliphatic carbocycles. The molecule has 3 aromatic rings. The lowest BCUT2D eigenvalue weighted by Crippen LogP contribution is -2.28. The minimum atomic E-state index is -0.369. The van der Waals surface area contributed by atoms with E-state index < -0.39 is 0 Å². The van der Waals surface area contributed by atoms with Gasteiger partial charge in [0.2, 0.25) is 0 Å². The van der Waals surface area contributed by atoms with Crippen molar-refractivity contribution in [2.45, 2.75) is 19.8 Å². The summed E-state index contributed by atoms with van der Waals surface area (Å²) in [6, 6.07) is 10.6. The van der Waals surface area contributed by atoms with Crippen LogP contribution in [0.2, 0.25) is 10.0 Å². The average molecular weight is 416 g/mol. The topological polar surface area (TPSA) is 65.2 Å². The van der Waals surface area contributed by atoms with Crippen molar-refractivity contribution < 1.29 is 9.59 Å². The van der Waals surface area contributed by atoms with Crippen LogP contribution in [0.4, 0.5) is 5.69 Å². The molecule has 2 heterocycles. The first kappa shape index (κ1) is 18.8. The molecule has 1 saturated heterocycles. The van der Waals surface area contributed by atoms with Gasteiger partial charge in [-0.25, -0.2) is 0 Å². The molecule has 144 valence electrons. The maximum Gasteiger partial charge on any atom is 0.273 e. The summed E-state index contributed by atoms with van der Waals surface area (Å²) in [5.41, 5.74) is 2.92. The highest BCUT2D eigenvalue weighted by Crippen LogP contribution is 2.31. The van der Waals surface area contributed by atoms with E-state index in [2.05, 4.69) is 10.3 Å². The van der Waals surface area contributed by atoms with Crippen molar-refractivity contribution in [2.24, 2.45) is 0 Å². The van der Waals surface area contributed by atoms with Crippen LogP contribution < -0.4 is 5.32 Å². The summed E-state index contributed by atoms with van der Waals surface area (Å²) in [6.45, 7) is 3.40. The minimum absolute atomic E-state index is 0.00406. The summed E-state index contributed by atoms with van der Waals surface area (Å²) in [5, 5.41) is 4.42. The number of halogens is 2. The van der Waals surface area contributed by atoms with Crippen LogP contribution in [-0.2, 0) is 0 Å². The summed E-state index contributed by atoms with van der Waals surface area (Å²) in [5.74, 6) is -0.365. The van der Waals surface area contributed by atoms with Crippen molar-refractivity contribution in [3.63, 3.8) is 0 Å². The van der Waals surface area contributed by atoms with Gasteiger partial charge in [-0.3, -0.25) is 9.59 Å². The number of rotatable bonds is 3. The Hall–Kier alpha value is -2.50. The van der Waals surface area contributed by atoms with Crippen LogP contribution in [0, 0.1) is 6.92 Å². The van der Waals surface area contributed by atoms with E-state index in [1.807, 2.05) is 11.8 Å². The van der Waals surface area contributed by atoms with Crippen molar-refractivity contribution >= 4 is 51.6 Å². The van der Waals surface area contributed by atoms with E-state index in [1.165, 1.54) is 0 Å². The second-order valence-corrected chi connectivity index (χ2v) is 7.75. The van der Waals surface area contributed by atoms with Crippen molar-refractivity contribution in [1.29, 1.82) is 0 Å². The maximum absolute atomic E-state index is 12.8. The van der Waals surface area contributed by atoms with E-state index in [-0.39, 0.29) is 17.5 Å². The van der Waals surface area contributed by atoms with Gasteiger partial charge in [0.05, 0.1) is 5.02 Å². The highest BCUT2D eigenvalue weighted by Gasteiger charge is 2.23. The number of nitrogens with one attached hydrogen (secondary N) is 2. The number of benzene rings is 2. The molecule has 0 radical (unpaired) electrons. The second-order valence-electron chi connectivity index (χ2n) is 6.94. The highest BCUT2D eigenvalue weighted by molar-refractivity contribution is 6.40. The number of aromatic nitrogens is 1. The summed E-state index contributed by atoms with van der Waals surface area (Å²) in [4.78, 5) is 30.5. The predicted molar refractivity (Wildman–Crippen MR) is 113 cm³/mol. The monoisotopic (exact) mass is 415 g/mol. The van der Waals surface area contributed by atoms with Crippen LogP contribution in [0.3, 0.4) is 0 Å².